The van der Waals surface area contributed by atoms with Crippen molar-refractivity contribution < 1.29 is 27.9 Å². The summed E-state index contributed by atoms with van der Waals surface area (Å²) in [7, 11) is 1.17. The average molecular weight is 430 g/mol. The molecule has 3 rings (SSSR count). The maximum atomic E-state index is 13.9. The Morgan fingerprint density at radius 2 is 1.60 bits per heavy atom. The van der Waals surface area contributed by atoms with Gasteiger partial charge in [0.1, 0.15) is 16.6 Å². The molecule has 2 aromatic carbocycles. The highest BCUT2D eigenvalue weighted by Gasteiger charge is 2.27. The molecule has 9 heteroatoms. The smallest absolute Gasteiger partial charge is 0.341 e. The van der Waals surface area contributed by atoms with Crippen LogP contribution in [0.1, 0.15) is 36.0 Å². The molecule has 3 aromatic rings. The van der Waals surface area contributed by atoms with Gasteiger partial charge in [-0.25, -0.2) is 13.6 Å². The van der Waals surface area contributed by atoms with E-state index in [1.54, 1.807) is 6.07 Å². The van der Waals surface area contributed by atoms with Crippen LogP contribution in [0.2, 0.25) is 0 Å². The van der Waals surface area contributed by atoms with Gasteiger partial charge in [-0.15, -0.1) is 11.3 Å². The van der Waals surface area contributed by atoms with Crippen molar-refractivity contribution in [1.29, 1.82) is 0 Å². The van der Waals surface area contributed by atoms with Gasteiger partial charge in [0.25, 0.3) is 11.8 Å². The van der Waals surface area contributed by atoms with Crippen LogP contribution in [-0.4, -0.2) is 24.9 Å². The lowest BCUT2D eigenvalue weighted by atomic mass is 10.1. The third-order valence-corrected chi connectivity index (χ3v) is 5.40. The number of thiophene rings is 1. The van der Waals surface area contributed by atoms with Crippen molar-refractivity contribution in [1.82, 2.24) is 0 Å². The second-order valence-electron chi connectivity index (χ2n) is 6.15. The van der Waals surface area contributed by atoms with Gasteiger partial charge in [0, 0.05) is 5.56 Å². The largest absolute Gasteiger partial charge is 0.465 e. The molecule has 154 valence electrons. The molecule has 6 nitrogen and oxygen atoms in total. The lowest BCUT2D eigenvalue weighted by molar-refractivity contribution is 0.0601. The fourth-order valence-electron chi connectivity index (χ4n) is 2.68. The van der Waals surface area contributed by atoms with Crippen LogP contribution in [-0.2, 0) is 4.74 Å². The summed E-state index contributed by atoms with van der Waals surface area (Å²) in [6.45, 7) is 1.52. The number of carbonyl (C=O) groups excluding carboxylic acids is 3. The maximum Gasteiger partial charge on any atom is 0.341 e. The van der Waals surface area contributed by atoms with Crippen LogP contribution in [0.3, 0.4) is 0 Å². The highest BCUT2D eigenvalue weighted by atomic mass is 32.1. The van der Waals surface area contributed by atoms with Crippen molar-refractivity contribution in [2.45, 2.75) is 6.92 Å². The molecule has 0 aliphatic heterocycles. The number of nitrogens with one attached hydrogen (secondary N) is 2. The Morgan fingerprint density at radius 3 is 2.23 bits per heavy atom. The Hall–Kier alpha value is -3.59. The predicted octanol–water partition coefficient (Wildman–Crippen LogP) is 4.63. The van der Waals surface area contributed by atoms with Gasteiger partial charge in [0.05, 0.1) is 23.2 Å². The van der Waals surface area contributed by atoms with Crippen molar-refractivity contribution in [3.8, 4) is 0 Å². The first-order valence-electron chi connectivity index (χ1n) is 8.66. The Morgan fingerprint density at radius 1 is 0.933 bits per heavy atom. The third-order valence-electron chi connectivity index (χ3n) is 4.20. The Labute approximate surface area is 174 Å². The first-order chi connectivity index (χ1) is 14.3. The third kappa shape index (κ3) is 4.36. The summed E-state index contributed by atoms with van der Waals surface area (Å²) < 4.78 is 31.7. The summed E-state index contributed by atoms with van der Waals surface area (Å²) in [4.78, 5) is 37.5. The van der Waals surface area contributed by atoms with Crippen molar-refractivity contribution >= 4 is 39.8 Å². The van der Waals surface area contributed by atoms with Crippen LogP contribution >= 0.6 is 11.3 Å². The van der Waals surface area contributed by atoms with Crippen molar-refractivity contribution in [2.75, 3.05) is 17.7 Å². The zero-order valence-corrected chi connectivity index (χ0v) is 16.7. The number of benzene rings is 2. The van der Waals surface area contributed by atoms with Gasteiger partial charge in [-0.2, -0.15) is 0 Å². The molecule has 0 spiro atoms. The number of esters is 1. The van der Waals surface area contributed by atoms with Crippen LogP contribution in [0.5, 0.6) is 0 Å². The summed E-state index contributed by atoms with van der Waals surface area (Å²) in [5.74, 6) is -3.10. The Balaban J connectivity index is 1.94. The number of anilines is 2. The van der Waals surface area contributed by atoms with Crippen molar-refractivity contribution in [3.63, 3.8) is 0 Å². The van der Waals surface area contributed by atoms with Crippen LogP contribution in [0.15, 0.2) is 48.5 Å². The number of hydrogen-bond donors (Lipinski definition) is 2. The number of hydrogen-bond acceptors (Lipinski definition) is 5. The molecule has 0 aliphatic carbocycles. The summed E-state index contributed by atoms with van der Waals surface area (Å²) in [6, 6.07) is 10.5. The summed E-state index contributed by atoms with van der Waals surface area (Å²) in [5, 5.41) is 5.09. The van der Waals surface area contributed by atoms with Crippen molar-refractivity contribution in [2.24, 2.45) is 0 Å². The molecule has 0 radical (unpaired) electrons. The minimum Gasteiger partial charge on any atom is -0.465 e. The van der Waals surface area contributed by atoms with E-state index in [-0.39, 0.29) is 32.3 Å². The SMILES string of the molecule is COC(=O)c1c(NC(=O)c2ccc(F)cc2)sc(C(=O)Nc2ccccc2F)c1C. The summed E-state index contributed by atoms with van der Waals surface area (Å²) in [6.07, 6.45) is 0. The van der Waals surface area contributed by atoms with E-state index in [0.29, 0.717) is 0 Å². The number of methoxy groups -OCH3 is 1. The molecule has 0 bridgehead atoms. The number of ether oxygens (including phenoxy) is 1. The quantitative estimate of drug-likeness (QED) is 0.578. The molecule has 0 atom stereocenters. The molecular formula is C21H16F2N2O4S. The van der Waals surface area contributed by atoms with Crippen LogP contribution < -0.4 is 10.6 Å². The second-order valence-corrected chi connectivity index (χ2v) is 7.17. The highest BCUT2D eigenvalue weighted by molar-refractivity contribution is 7.19. The van der Waals surface area contributed by atoms with Gasteiger partial charge in [-0.3, -0.25) is 9.59 Å². The van der Waals surface area contributed by atoms with E-state index in [2.05, 4.69) is 10.6 Å². The molecule has 2 N–H and O–H groups in total. The standard InChI is InChI=1S/C21H16F2N2O4S/c1-11-16(21(28)29-2)20(25-18(26)12-7-9-13(22)10-8-12)30-17(11)19(27)24-15-6-4-3-5-14(15)23/h3-10H,1-2H3,(H,24,27)(H,25,26). The molecule has 1 heterocycles. The highest BCUT2D eigenvalue weighted by Crippen LogP contribution is 2.34. The van der Waals surface area contributed by atoms with Crippen LogP contribution in [0.25, 0.3) is 0 Å². The number of para-hydroxylation sites is 1. The average Bonchev–Trinajstić information content (AvgIpc) is 3.05. The number of halogens is 2. The number of rotatable bonds is 5. The molecular weight excluding hydrogens is 414 g/mol. The van der Waals surface area contributed by atoms with E-state index in [1.165, 1.54) is 44.4 Å². The van der Waals surface area contributed by atoms with Crippen molar-refractivity contribution in [3.05, 3.63) is 81.7 Å². The van der Waals surface area contributed by atoms with Gasteiger partial charge in [0.2, 0.25) is 0 Å². The first-order valence-corrected chi connectivity index (χ1v) is 9.48. The van der Waals surface area contributed by atoms with Crippen LogP contribution in [0.4, 0.5) is 19.5 Å². The maximum absolute atomic E-state index is 13.9. The predicted molar refractivity (Wildman–Crippen MR) is 109 cm³/mol. The van der Waals surface area contributed by atoms with Gasteiger partial charge in [-0.1, -0.05) is 12.1 Å². The Bertz CT molecular complexity index is 1130. The first kappa shape index (κ1) is 21.1. The number of carbonyl (C=O) groups is 3. The lowest BCUT2D eigenvalue weighted by Crippen LogP contribution is -2.14. The molecule has 0 aliphatic rings. The van der Waals surface area contributed by atoms with E-state index in [9.17, 15) is 23.2 Å². The summed E-state index contributed by atoms with van der Waals surface area (Å²) >= 11 is 0.848. The number of amides is 2. The van der Waals surface area contributed by atoms with E-state index < -0.39 is 29.4 Å². The lowest BCUT2D eigenvalue weighted by Gasteiger charge is -2.06. The monoisotopic (exact) mass is 430 g/mol. The second kappa shape index (κ2) is 8.83. The molecule has 1 aromatic heterocycles. The van der Waals surface area contributed by atoms with E-state index in [4.69, 9.17) is 4.74 Å². The molecule has 0 unspecified atom stereocenters. The fraction of sp³-hybridized carbons (Fsp3) is 0.0952. The molecule has 0 fully saturated rings. The fourth-order valence-corrected chi connectivity index (χ4v) is 3.77. The summed E-state index contributed by atoms with van der Waals surface area (Å²) in [5.41, 5.74) is 0.425. The van der Waals surface area contributed by atoms with Crippen LogP contribution in [0, 0.1) is 18.6 Å². The van der Waals surface area contributed by atoms with Gasteiger partial charge in [0.15, 0.2) is 0 Å². The molecule has 0 saturated heterocycles. The minimum atomic E-state index is -0.747. The van der Waals surface area contributed by atoms with E-state index in [1.807, 2.05) is 0 Å². The zero-order valence-electron chi connectivity index (χ0n) is 15.9. The van der Waals surface area contributed by atoms with E-state index >= 15 is 0 Å². The molecule has 30 heavy (non-hydrogen) atoms. The zero-order chi connectivity index (χ0) is 21.8. The van der Waals surface area contributed by atoms with Gasteiger partial charge >= 0.3 is 5.97 Å². The normalized spacial score (nSPS) is 10.4. The molecule has 2 amide bonds. The topological polar surface area (TPSA) is 84.5 Å². The van der Waals surface area contributed by atoms with E-state index in [0.717, 1.165) is 23.5 Å². The molecule has 0 saturated carbocycles. The van der Waals surface area contributed by atoms with Gasteiger partial charge < -0.3 is 15.4 Å². The van der Waals surface area contributed by atoms with Gasteiger partial charge in [-0.05, 0) is 48.9 Å². The minimum absolute atomic E-state index is 0.0108. The Kier molecular flexibility index (Phi) is 6.22.